The first kappa shape index (κ1) is 20.4. The summed E-state index contributed by atoms with van der Waals surface area (Å²) < 4.78 is 64.2. The minimum absolute atomic E-state index is 0.302. The van der Waals surface area contributed by atoms with E-state index in [1.165, 1.54) is 5.56 Å². The molecule has 8 nitrogen and oxygen atoms in total. The molecule has 30 heavy (non-hydrogen) atoms. The number of urea groups is 1. The average Bonchev–Trinajstić information content (AvgIpc) is 3.38. The maximum atomic E-state index is 12.5. The Hall–Kier alpha value is -2.89. The molecular weight excluding hydrogens is 425 g/mol. The Morgan fingerprint density at radius 2 is 1.70 bits per heavy atom. The molecule has 0 radical (unpaired) electrons. The normalized spacial score (nSPS) is 15.6. The Morgan fingerprint density at radius 1 is 1.03 bits per heavy atom. The number of alkyl halides is 3. The van der Waals surface area contributed by atoms with Crippen molar-refractivity contribution in [2.75, 3.05) is 5.32 Å². The van der Waals surface area contributed by atoms with Crippen molar-refractivity contribution in [2.24, 2.45) is 0 Å². The van der Waals surface area contributed by atoms with Crippen molar-refractivity contribution in [3.8, 4) is 0 Å². The predicted molar refractivity (Wildman–Crippen MR) is 99.6 cm³/mol. The molecule has 160 valence electrons. The zero-order chi connectivity index (χ0) is 21.7. The first-order valence-electron chi connectivity index (χ1n) is 9.23. The molecule has 2 heterocycles. The van der Waals surface area contributed by atoms with E-state index in [-0.39, 0.29) is 0 Å². The molecule has 0 aliphatic heterocycles. The smallest absolute Gasteiger partial charge is 0.291 e. The molecule has 0 fully saturated rings. The zero-order valence-corrected chi connectivity index (χ0v) is 16.4. The summed E-state index contributed by atoms with van der Waals surface area (Å²) in [5, 5.41) is 2.45. The minimum atomic E-state index is -5.14. The van der Waals surface area contributed by atoms with E-state index in [0.717, 1.165) is 61.5 Å². The van der Waals surface area contributed by atoms with Gasteiger partial charge in [0.2, 0.25) is 0 Å². The third kappa shape index (κ3) is 3.66. The molecule has 0 atom stereocenters. The second-order valence-corrected chi connectivity index (χ2v) is 8.74. The Labute approximate surface area is 169 Å². The lowest BCUT2D eigenvalue weighted by Crippen LogP contribution is -2.38. The molecule has 0 aromatic carbocycles. The van der Waals surface area contributed by atoms with Crippen molar-refractivity contribution in [2.45, 2.75) is 44.7 Å². The summed E-state index contributed by atoms with van der Waals surface area (Å²) in [6, 6.07) is -0.381. The van der Waals surface area contributed by atoms with Gasteiger partial charge in [-0.05, 0) is 61.3 Å². The number of pyridine rings is 1. The average molecular weight is 442 g/mol. The third-order valence-corrected chi connectivity index (χ3v) is 6.45. The number of nitrogens with zero attached hydrogens (tertiary/aromatic N) is 2. The maximum Gasteiger partial charge on any atom is 0.454 e. The van der Waals surface area contributed by atoms with E-state index in [1.807, 2.05) is 0 Å². The SMILES string of the molecule is O=C(Nc1nc2c(c3c1CCC3)CCC2)NS(=O)(=O)n1ccc(C(=O)C(F)(F)F)c1. The summed E-state index contributed by atoms with van der Waals surface area (Å²) in [5.74, 6) is -1.88. The van der Waals surface area contributed by atoms with E-state index in [2.05, 4.69) is 10.3 Å². The number of ketones is 1. The largest absolute Gasteiger partial charge is 0.454 e. The summed E-state index contributed by atoms with van der Waals surface area (Å²) in [7, 11) is -4.56. The molecule has 0 unspecified atom stereocenters. The van der Waals surface area contributed by atoms with Crippen LogP contribution in [-0.2, 0) is 35.9 Å². The molecule has 12 heteroatoms. The standard InChI is InChI=1S/C18H17F3N4O4S/c19-18(20,21)15(26)10-7-8-25(9-10)30(28,29)24-17(27)23-16-13-5-1-3-11(13)12-4-2-6-14(12)22-16/h7-9H,1-6H2,(H2,22,23,24,27). The van der Waals surface area contributed by atoms with Crippen molar-refractivity contribution in [3.05, 3.63) is 46.4 Å². The number of hydrogen-bond donors (Lipinski definition) is 2. The number of nitrogens with one attached hydrogen (secondary N) is 2. The first-order chi connectivity index (χ1) is 14.1. The number of amides is 2. The number of anilines is 1. The van der Waals surface area contributed by atoms with Crippen molar-refractivity contribution in [3.63, 3.8) is 0 Å². The molecule has 4 rings (SSSR count). The molecule has 2 aliphatic carbocycles. The highest BCUT2D eigenvalue weighted by Crippen LogP contribution is 2.36. The van der Waals surface area contributed by atoms with Crippen molar-refractivity contribution in [1.82, 2.24) is 13.7 Å². The summed E-state index contributed by atoms with van der Waals surface area (Å²) in [5.41, 5.74) is 3.31. The highest BCUT2D eigenvalue weighted by Gasteiger charge is 2.40. The molecule has 2 aromatic rings. The second-order valence-electron chi connectivity index (χ2n) is 7.17. The molecule has 2 N–H and O–H groups in total. The zero-order valence-electron chi connectivity index (χ0n) is 15.5. The van der Waals surface area contributed by atoms with Gasteiger partial charge in [0, 0.05) is 23.7 Å². The number of rotatable bonds is 4. The molecule has 2 aliphatic rings. The van der Waals surface area contributed by atoms with Crippen LogP contribution in [0.1, 0.15) is 45.6 Å². The third-order valence-electron chi connectivity index (χ3n) is 5.22. The van der Waals surface area contributed by atoms with Gasteiger partial charge in [-0.15, -0.1) is 0 Å². The molecule has 0 saturated carbocycles. The van der Waals surface area contributed by atoms with E-state index in [1.54, 1.807) is 4.72 Å². The van der Waals surface area contributed by atoms with Crippen LogP contribution in [0.2, 0.25) is 0 Å². The Balaban J connectivity index is 1.52. The lowest BCUT2D eigenvalue weighted by Gasteiger charge is -2.14. The van der Waals surface area contributed by atoms with Crippen molar-refractivity contribution >= 4 is 27.8 Å². The van der Waals surface area contributed by atoms with Crippen molar-refractivity contribution < 1.29 is 31.2 Å². The predicted octanol–water partition coefficient (Wildman–Crippen LogP) is 2.52. The van der Waals surface area contributed by atoms with Crippen LogP contribution in [0.25, 0.3) is 0 Å². The van der Waals surface area contributed by atoms with E-state index in [0.29, 0.717) is 22.1 Å². The van der Waals surface area contributed by atoms with E-state index >= 15 is 0 Å². The molecule has 0 saturated heterocycles. The summed E-state index contributed by atoms with van der Waals surface area (Å²) in [6.45, 7) is 0. The minimum Gasteiger partial charge on any atom is -0.291 e. The van der Waals surface area contributed by atoms with Gasteiger partial charge < -0.3 is 0 Å². The molecular formula is C18H17F3N4O4S. The molecule has 2 aromatic heterocycles. The maximum absolute atomic E-state index is 12.5. The van der Waals surface area contributed by atoms with Crippen LogP contribution in [0, 0.1) is 0 Å². The van der Waals surface area contributed by atoms with Crippen molar-refractivity contribution in [1.29, 1.82) is 0 Å². The fraction of sp³-hybridized carbons (Fsp3) is 0.389. The van der Waals surface area contributed by atoms with E-state index in [9.17, 15) is 31.2 Å². The highest BCUT2D eigenvalue weighted by molar-refractivity contribution is 7.88. The lowest BCUT2D eigenvalue weighted by molar-refractivity contribution is -0.0885. The Kier molecular flexibility index (Phi) is 4.83. The summed E-state index contributed by atoms with van der Waals surface area (Å²) in [4.78, 5) is 28.0. The van der Waals surface area contributed by atoms with Gasteiger partial charge in [0.15, 0.2) is 0 Å². The Morgan fingerprint density at radius 3 is 2.43 bits per heavy atom. The van der Waals surface area contributed by atoms with Gasteiger partial charge in [-0.2, -0.15) is 21.6 Å². The van der Waals surface area contributed by atoms with Gasteiger partial charge in [-0.1, -0.05) is 0 Å². The number of carbonyl (C=O) groups excluding carboxylic acids is 2. The number of hydrogen-bond acceptors (Lipinski definition) is 5. The quantitative estimate of drug-likeness (QED) is 0.707. The molecule has 0 spiro atoms. The van der Waals surface area contributed by atoms with Crippen LogP contribution in [0.3, 0.4) is 0 Å². The second kappa shape index (κ2) is 7.11. The number of aryl methyl sites for hydroxylation is 1. The van der Waals surface area contributed by atoms with Gasteiger partial charge >= 0.3 is 22.4 Å². The highest BCUT2D eigenvalue weighted by atomic mass is 32.2. The summed E-state index contributed by atoms with van der Waals surface area (Å²) in [6.07, 6.45) is 1.34. The van der Waals surface area contributed by atoms with Gasteiger partial charge in [-0.3, -0.25) is 10.1 Å². The number of Topliss-reactive ketones (excluding diaryl/α,β-unsaturated/α-hetero) is 1. The van der Waals surface area contributed by atoms with Gasteiger partial charge in [0.1, 0.15) is 5.82 Å². The van der Waals surface area contributed by atoms with Crippen LogP contribution < -0.4 is 10.0 Å². The number of halogens is 3. The van der Waals surface area contributed by atoms with Crippen LogP contribution in [-0.4, -0.2) is 35.4 Å². The fourth-order valence-electron chi connectivity index (χ4n) is 3.95. The van der Waals surface area contributed by atoms with Crippen LogP contribution >= 0.6 is 0 Å². The van der Waals surface area contributed by atoms with Crippen LogP contribution in [0.5, 0.6) is 0 Å². The van der Waals surface area contributed by atoms with E-state index < -0.39 is 33.8 Å². The number of fused-ring (bicyclic) bond motifs is 3. The number of aromatic nitrogens is 2. The molecule has 2 amide bonds. The van der Waals surface area contributed by atoms with Gasteiger partial charge in [-0.25, -0.2) is 18.5 Å². The number of carbonyl (C=O) groups is 2. The monoisotopic (exact) mass is 442 g/mol. The Bertz CT molecular complexity index is 1150. The first-order valence-corrected chi connectivity index (χ1v) is 10.7. The van der Waals surface area contributed by atoms with Crippen LogP contribution in [0.4, 0.5) is 23.8 Å². The molecule has 0 bridgehead atoms. The summed E-state index contributed by atoms with van der Waals surface area (Å²) >= 11 is 0. The fourth-order valence-corrected chi connectivity index (χ4v) is 4.81. The van der Waals surface area contributed by atoms with Gasteiger partial charge in [0.05, 0.1) is 0 Å². The lowest BCUT2D eigenvalue weighted by atomic mass is 10.0. The van der Waals surface area contributed by atoms with Crippen LogP contribution in [0.15, 0.2) is 18.5 Å². The topological polar surface area (TPSA) is 110 Å². The van der Waals surface area contributed by atoms with Gasteiger partial charge in [0.25, 0.3) is 5.78 Å². The van der Waals surface area contributed by atoms with E-state index in [4.69, 9.17) is 0 Å².